The zero-order chi connectivity index (χ0) is 15.0. The van der Waals surface area contributed by atoms with E-state index < -0.39 is 0 Å². The molecule has 0 N–H and O–H groups in total. The number of alkyl halides is 1. The Morgan fingerprint density at radius 2 is 2.10 bits per heavy atom. The predicted molar refractivity (Wildman–Crippen MR) is 83.9 cm³/mol. The minimum atomic E-state index is 0.0382. The highest BCUT2D eigenvalue weighted by Gasteiger charge is 2.20. The first-order chi connectivity index (χ1) is 10.1. The van der Waals surface area contributed by atoms with E-state index in [-0.39, 0.29) is 6.04 Å². The van der Waals surface area contributed by atoms with E-state index in [2.05, 4.69) is 16.5 Å². The van der Waals surface area contributed by atoms with Gasteiger partial charge in [-0.1, -0.05) is 0 Å². The maximum atomic E-state index is 5.93. The first-order valence-corrected chi connectivity index (χ1v) is 7.60. The van der Waals surface area contributed by atoms with Crippen LogP contribution < -0.4 is 0 Å². The van der Waals surface area contributed by atoms with Crippen LogP contribution in [-0.2, 0) is 6.42 Å². The van der Waals surface area contributed by atoms with Crippen molar-refractivity contribution in [2.75, 3.05) is 5.88 Å². The smallest absolute Gasteiger partial charge is 0.160 e. The van der Waals surface area contributed by atoms with Gasteiger partial charge < -0.3 is 8.98 Å². The molecule has 1 unspecified atom stereocenters. The second-order valence-corrected chi connectivity index (χ2v) is 5.64. The molecule has 21 heavy (non-hydrogen) atoms. The van der Waals surface area contributed by atoms with Gasteiger partial charge in [-0.3, -0.25) is 0 Å². The minimum Gasteiger partial charge on any atom is -0.464 e. The number of fused-ring (bicyclic) bond motifs is 1. The van der Waals surface area contributed by atoms with Crippen LogP contribution in [0.2, 0.25) is 0 Å². The van der Waals surface area contributed by atoms with Crippen LogP contribution in [0, 0.1) is 13.8 Å². The summed E-state index contributed by atoms with van der Waals surface area (Å²) in [5.74, 6) is 3.30. The van der Waals surface area contributed by atoms with E-state index in [1.165, 1.54) is 0 Å². The SMILES string of the molecule is Cc1ccc(C(C)n2c(CCCl)nc3c(C)ccnc32)o1. The Hall–Kier alpha value is -1.81. The molecule has 4 nitrogen and oxygen atoms in total. The van der Waals surface area contributed by atoms with Gasteiger partial charge >= 0.3 is 0 Å². The third kappa shape index (κ3) is 2.44. The van der Waals surface area contributed by atoms with Gasteiger partial charge in [-0.05, 0) is 44.5 Å². The van der Waals surface area contributed by atoms with Crippen molar-refractivity contribution in [1.29, 1.82) is 0 Å². The fraction of sp³-hybridized carbons (Fsp3) is 0.375. The molecule has 1 atom stereocenters. The Kier molecular flexibility index (Phi) is 3.72. The molecule has 110 valence electrons. The largest absolute Gasteiger partial charge is 0.464 e. The summed E-state index contributed by atoms with van der Waals surface area (Å²) >= 11 is 5.93. The van der Waals surface area contributed by atoms with E-state index in [4.69, 9.17) is 21.0 Å². The molecule has 0 bridgehead atoms. The van der Waals surface area contributed by atoms with Crippen LogP contribution in [0.5, 0.6) is 0 Å². The lowest BCUT2D eigenvalue weighted by molar-refractivity contribution is 0.427. The number of furan rings is 1. The van der Waals surface area contributed by atoms with Gasteiger partial charge in [0.25, 0.3) is 0 Å². The van der Waals surface area contributed by atoms with Crippen LogP contribution in [0.4, 0.5) is 0 Å². The maximum Gasteiger partial charge on any atom is 0.160 e. The number of nitrogens with zero attached hydrogens (tertiary/aromatic N) is 3. The van der Waals surface area contributed by atoms with Crippen molar-refractivity contribution in [3.63, 3.8) is 0 Å². The number of halogens is 1. The van der Waals surface area contributed by atoms with E-state index in [1.807, 2.05) is 38.2 Å². The second-order valence-electron chi connectivity index (χ2n) is 5.26. The highest BCUT2D eigenvalue weighted by atomic mass is 35.5. The summed E-state index contributed by atoms with van der Waals surface area (Å²) in [5.41, 5.74) is 2.95. The van der Waals surface area contributed by atoms with E-state index in [0.717, 1.165) is 34.1 Å². The van der Waals surface area contributed by atoms with Gasteiger partial charge in [0.05, 0.1) is 6.04 Å². The molecule has 0 aliphatic heterocycles. The van der Waals surface area contributed by atoms with Gasteiger partial charge in [0, 0.05) is 18.5 Å². The Morgan fingerprint density at radius 1 is 1.29 bits per heavy atom. The Labute approximate surface area is 128 Å². The fourth-order valence-corrected chi connectivity index (χ4v) is 2.80. The third-order valence-electron chi connectivity index (χ3n) is 3.73. The molecule has 3 heterocycles. The van der Waals surface area contributed by atoms with Gasteiger partial charge in [0.2, 0.25) is 0 Å². The second kappa shape index (κ2) is 5.53. The first kappa shape index (κ1) is 14.1. The molecule has 5 heteroatoms. The van der Waals surface area contributed by atoms with Crippen molar-refractivity contribution in [1.82, 2.24) is 14.5 Å². The third-order valence-corrected chi connectivity index (χ3v) is 3.92. The summed E-state index contributed by atoms with van der Waals surface area (Å²) in [6.45, 7) is 6.10. The molecule has 3 aromatic rings. The lowest BCUT2D eigenvalue weighted by Crippen LogP contribution is -2.11. The first-order valence-electron chi connectivity index (χ1n) is 7.06. The van der Waals surface area contributed by atoms with Crippen LogP contribution in [0.25, 0.3) is 11.2 Å². The molecule has 0 fully saturated rings. The van der Waals surface area contributed by atoms with Gasteiger partial charge in [-0.2, -0.15) is 0 Å². The summed E-state index contributed by atoms with van der Waals surface area (Å²) in [6, 6.07) is 6.00. The minimum absolute atomic E-state index is 0.0382. The Bertz CT molecular complexity index is 775. The molecule has 0 aliphatic carbocycles. The van der Waals surface area contributed by atoms with Crippen molar-refractivity contribution in [2.24, 2.45) is 0 Å². The summed E-state index contributed by atoms with van der Waals surface area (Å²) in [5, 5.41) is 0. The average molecular weight is 304 g/mol. The lowest BCUT2D eigenvalue weighted by atomic mass is 10.2. The molecule has 0 aromatic carbocycles. The number of aryl methyl sites for hydroxylation is 3. The zero-order valence-electron chi connectivity index (χ0n) is 12.4. The highest BCUT2D eigenvalue weighted by Crippen LogP contribution is 2.27. The van der Waals surface area contributed by atoms with Crippen LogP contribution in [0.1, 0.15) is 35.9 Å². The number of aromatic nitrogens is 3. The van der Waals surface area contributed by atoms with Crippen molar-refractivity contribution in [3.05, 3.63) is 47.3 Å². The molecule has 3 rings (SSSR count). The standard InChI is InChI=1S/C16H18ClN3O/c1-10-7-9-18-16-15(10)19-14(6-8-17)20(16)12(3)13-5-4-11(2)21-13/h4-5,7,9,12H,6,8H2,1-3H3. The predicted octanol–water partition coefficient (Wildman–Crippen LogP) is 4.03. The van der Waals surface area contributed by atoms with Crippen molar-refractivity contribution < 1.29 is 4.42 Å². The van der Waals surface area contributed by atoms with E-state index in [9.17, 15) is 0 Å². The average Bonchev–Trinajstić information content (AvgIpc) is 3.03. The normalized spacial score (nSPS) is 13.0. The number of pyridine rings is 1. The van der Waals surface area contributed by atoms with Crippen molar-refractivity contribution in [3.8, 4) is 0 Å². The summed E-state index contributed by atoms with van der Waals surface area (Å²) in [4.78, 5) is 9.24. The van der Waals surface area contributed by atoms with E-state index in [1.54, 1.807) is 0 Å². The molecular formula is C16H18ClN3O. The van der Waals surface area contributed by atoms with Crippen molar-refractivity contribution in [2.45, 2.75) is 33.2 Å². The van der Waals surface area contributed by atoms with Crippen LogP contribution in [0.15, 0.2) is 28.8 Å². The molecule has 0 saturated heterocycles. The topological polar surface area (TPSA) is 43.9 Å². The van der Waals surface area contributed by atoms with Crippen LogP contribution >= 0.6 is 11.6 Å². The summed E-state index contributed by atoms with van der Waals surface area (Å²) < 4.78 is 7.90. The molecular weight excluding hydrogens is 286 g/mol. The molecule has 0 radical (unpaired) electrons. The number of hydrogen-bond donors (Lipinski definition) is 0. The van der Waals surface area contributed by atoms with E-state index >= 15 is 0 Å². The monoisotopic (exact) mass is 303 g/mol. The number of hydrogen-bond acceptors (Lipinski definition) is 3. The highest BCUT2D eigenvalue weighted by molar-refractivity contribution is 6.17. The van der Waals surface area contributed by atoms with Gasteiger partial charge in [-0.25, -0.2) is 9.97 Å². The molecule has 0 saturated carbocycles. The Balaban J connectivity index is 2.19. The van der Waals surface area contributed by atoms with Gasteiger partial charge in [0.15, 0.2) is 5.65 Å². The number of rotatable bonds is 4. The maximum absolute atomic E-state index is 5.93. The Morgan fingerprint density at radius 3 is 2.76 bits per heavy atom. The van der Waals surface area contributed by atoms with Crippen molar-refractivity contribution >= 4 is 22.8 Å². The number of imidazole rings is 1. The van der Waals surface area contributed by atoms with Gasteiger partial charge in [-0.15, -0.1) is 11.6 Å². The van der Waals surface area contributed by atoms with E-state index in [0.29, 0.717) is 12.3 Å². The fourth-order valence-electron chi connectivity index (χ4n) is 2.63. The molecule has 0 aliphatic rings. The molecule has 3 aromatic heterocycles. The summed E-state index contributed by atoms with van der Waals surface area (Å²) in [7, 11) is 0. The zero-order valence-corrected chi connectivity index (χ0v) is 13.2. The molecule has 0 amide bonds. The summed E-state index contributed by atoms with van der Waals surface area (Å²) in [6.07, 6.45) is 2.53. The molecule has 0 spiro atoms. The van der Waals surface area contributed by atoms with Gasteiger partial charge in [0.1, 0.15) is 22.9 Å². The quantitative estimate of drug-likeness (QED) is 0.683. The lowest BCUT2D eigenvalue weighted by Gasteiger charge is -2.14. The van der Waals surface area contributed by atoms with Crippen LogP contribution in [0.3, 0.4) is 0 Å². The van der Waals surface area contributed by atoms with Crippen LogP contribution in [-0.4, -0.2) is 20.4 Å².